The zero-order valence-corrected chi connectivity index (χ0v) is 9.90. The van der Waals surface area contributed by atoms with Crippen LogP contribution in [0.5, 0.6) is 0 Å². The number of methoxy groups -OCH3 is 1. The molecule has 1 aliphatic rings. The number of rotatable bonds is 3. The Morgan fingerprint density at radius 3 is 3.24 bits per heavy atom. The minimum atomic E-state index is -0.357. The third-order valence-electron chi connectivity index (χ3n) is 2.85. The number of esters is 1. The molecule has 0 aliphatic carbocycles. The van der Waals surface area contributed by atoms with Crippen molar-refractivity contribution in [2.75, 3.05) is 25.5 Å². The number of nitrogens with zero attached hydrogens (tertiary/aromatic N) is 1. The second kappa shape index (κ2) is 5.63. The van der Waals surface area contributed by atoms with E-state index < -0.39 is 0 Å². The Kier molecular flexibility index (Phi) is 3.93. The van der Waals surface area contributed by atoms with Crippen molar-refractivity contribution in [1.82, 2.24) is 10.3 Å². The molecule has 92 valence electrons. The Hall–Kier alpha value is -1.62. The van der Waals surface area contributed by atoms with Crippen molar-refractivity contribution in [3.63, 3.8) is 0 Å². The summed E-state index contributed by atoms with van der Waals surface area (Å²) in [5, 5.41) is 6.60. The minimum Gasteiger partial charge on any atom is -0.465 e. The van der Waals surface area contributed by atoms with Crippen LogP contribution in [0.4, 0.5) is 5.82 Å². The number of anilines is 1. The minimum absolute atomic E-state index is 0.321. The highest BCUT2D eigenvalue weighted by Gasteiger charge is 2.17. The lowest BCUT2D eigenvalue weighted by Crippen LogP contribution is -2.39. The third kappa shape index (κ3) is 2.94. The number of hydrogen-bond acceptors (Lipinski definition) is 5. The van der Waals surface area contributed by atoms with E-state index in [1.165, 1.54) is 7.11 Å². The summed E-state index contributed by atoms with van der Waals surface area (Å²) in [6.07, 6.45) is 3.90. The van der Waals surface area contributed by atoms with E-state index in [0.29, 0.717) is 17.4 Å². The highest BCUT2D eigenvalue weighted by Crippen LogP contribution is 2.16. The van der Waals surface area contributed by atoms with Gasteiger partial charge >= 0.3 is 5.97 Å². The van der Waals surface area contributed by atoms with Crippen molar-refractivity contribution < 1.29 is 9.53 Å². The molecule has 1 fully saturated rings. The van der Waals surface area contributed by atoms with E-state index in [1.807, 2.05) is 0 Å². The van der Waals surface area contributed by atoms with Crippen LogP contribution in [0.1, 0.15) is 23.2 Å². The molecule has 17 heavy (non-hydrogen) atoms. The first-order valence-corrected chi connectivity index (χ1v) is 5.82. The van der Waals surface area contributed by atoms with Gasteiger partial charge in [0.1, 0.15) is 11.4 Å². The van der Waals surface area contributed by atoms with Crippen LogP contribution in [0.25, 0.3) is 0 Å². The van der Waals surface area contributed by atoms with Gasteiger partial charge in [0, 0.05) is 18.8 Å². The van der Waals surface area contributed by atoms with Gasteiger partial charge in [0.05, 0.1) is 7.11 Å². The van der Waals surface area contributed by atoms with Crippen LogP contribution in [0.15, 0.2) is 18.3 Å². The van der Waals surface area contributed by atoms with Crippen molar-refractivity contribution in [2.45, 2.75) is 18.9 Å². The average molecular weight is 235 g/mol. The maximum absolute atomic E-state index is 11.6. The van der Waals surface area contributed by atoms with Gasteiger partial charge in [0.15, 0.2) is 0 Å². The highest BCUT2D eigenvalue weighted by molar-refractivity contribution is 5.94. The van der Waals surface area contributed by atoms with E-state index in [-0.39, 0.29) is 5.97 Å². The number of hydrogen-bond donors (Lipinski definition) is 2. The second-order valence-electron chi connectivity index (χ2n) is 4.08. The Bertz CT molecular complexity index is 389. The van der Waals surface area contributed by atoms with Crippen LogP contribution in [-0.4, -0.2) is 37.2 Å². The first-order valence-electron chi connectivity index (χ1n) is 5.82. The van der Waals surface area contributed by atoms with Gasteiger partial charge in [-0.05, 0) is 31.5 Å². The van der Waals surface area contributed by atoms with Crippen molar-refractivity contribution >= 4 is 11.8 Å². The summed E-state index contributed by atoms with van der Waals surface area (Å²) in [5.74, 6) is 0.248. The summed E-state index contributed by atoms with van der Waals surface area (Å²) in [6.45, 7) is 1.96. The number of pyridine rings is 1. The van der Waals surface area contributed by atoms with Gasteiger partial charge in [-0.1, -0.05) is 0 Å². The topological polar surface area (TPSA) is 63.2 Å². The molecule has 1 aliphatic heterocycles. The summed E-state index contributed by atoms with van der Waals surface area (Å²) in [7, 11) is 1.38. The van der Waals surface area contributed by atoms with Crippen molar-refractivity contribution in [3.8, 4) is 0 Å². The molecule has 1 saturated heterocycles. The quantitative estimate of drug-likeness (QED) is 0.766. The van der Waals surface area contributed by atoms with Gasteiger partial charge in [-0.25, -0.2) is 9.78 Å². The molecule has 1 aromatic rings. The van der Waals surface area contributed by atoms with E-state index in [1.54, 1.807) is 18.3 Å². The van der Waals surface area contributed by atoms with E-state index in [4.69, 9.17) is 4.74 Å². The van der Waals surface area contributed by atoms with Crippen LogP contribution in [0.3, 0.4) is 0 Å². The maximum atomic E-state index is 11.6. The zero-order chi connectivity index (χ0) is 12.1. The lowest BCUT2D eigenvalue weighted by atomic mass is 10.1. The molecule has 2 heterocycles. The molecule has 1 aromatic heterocycles. The third-order valence-corrected chi connectivity index (χ3v) is 2.85. The van der Waals surface area contributed by atoms with Crippen LogP contribution in [0, 0.1) is 0 Å². The van der Waals surface area contributed by atoms with E-state index in [0.717, 1.165) is 25.9 Å². The fourth-order valence-electron chi connectivity index (χ4n) is 1.96. The Balaban J connectivity index is 2.11. The number of carbonyl (C=O) groups excluding carboxylic acids is 1. The second-order valence-corrected chi connectivity index (χ2v) is 4.08. The van der Waals surface area contributed by atoms with Crippen LogP contribution in [-0.2, 0) is 4.74 Å². The van der Waals surface area contributed by atoms with Crippen molar-refractivity contribution in [3.05, 3.63) is 23.9 Å². The maximum Gasteiger partial charge on any atom is 0.341 e. The van der Waals surface area contributed by atoms with Gasteiger partial charge in [0.2, 0.25) is 0 Å². The Morgan fingerprint density at radius 2 is 2.53 bits per heavy atom. The van der Waals surface area contributed by atoms with Gasteiger partial charge in [-0.15, -0.1) is 0 Å². The van der Waals surface area contributed by atoms with Gasteiger partial charge < -0.3 is 15.4 Å². The molecule has 0 radical (unpaired) electrons. The number of carbonyl (C=O) groups is 1. The van der Waals surface area contributed by atoms with Gasteiger partial charge in [0.25, 0.3) is 0 Å². The molecule has 0 bridgehead atoms. The number of aromatic nitrogens is 1. The van der Waals surface area contributed by atoms with Gasteiger partial charge in [-0.2, -0.15) is 0 Å². The summed E-state index contributed by atoms with van der Waals surface area (Å²) in [4.78, 5) is 15.8. The number of piperidine rings is 1. The lowest BCUT2D eigenvalue weighted by molar-refractivity contribution is 0.0601. The normalized spacial score (nSPS) is 19.7. The predicted molar refractivity (Wildman–Crippen MR) is 65.1 cm³/mol. The highest BCUT2D eigenvalue weighted by atomic mass is 16.5. The lowest BCUT2D eigenvalue weighted by Gasteiger charge is -2.24. The molecule has 0 unspecified atom stereocenters. The molecule has 0 saturated carbocycles. The van der Waals surface area contributed by atoms with Crippen LogP contribution in [0.2, 0.25) is 0 Å². The van der Waals surface area contributed by atoms with Crippen LogP contribution >= 0.6 is 0 Å². The molecule has 2 N–H and O–H groups in total. The SMILES string of the molecule is COC(=O)c1cccnc1N[C@@H]1CCCNC1. The number of ether oxygens (including phenoxy) is 1. The molecule has 0 spiro atoms. The largest absolute Gasteiger partial charge is 0.465 e. The monoisotopic (exact) mass is 235 g/mol. The van der Waals surface area contributed by atoms with E-state index in [2.05, 4.69) is 15.6 Å². The predicted octanol–water partition coefficient (Wildman–Crippen LogP) is 1.03. The Labute approximate surface area is 101 Å². The fourth-order valence-corrected chi connectivity index (χ4v) is 1.96. The smallest absolute Gasteiger partial charge is 0.341 e. The zero-order valence-electron chi connectivity index (χ0n) is 9.90. The fraction of sp³-hybridized carbons (Fsp3) is 0.500. The number of nitrogens with one attached hydrogen (secondary N) is 2. The molecule has 0 amide bonds. The molecule has 0 aromatic carbocycles. The molecular formula is C12H17N3O2. The summed E-state index contributed by atoms with van der Waals surface area (Å²) in [6, 6.07) is 3.77. The molecule has 5 nitrogen and oxygen atoms in total. The van der Waals surface area contributed by atoms with Gasteiger partial charge in [-0.3, -0.25) is 0 Å². The average Bonchev–Trinajstić information content (AvgIpc) is 2.40. The summed E-state index contributed by atoms with van der Waals surface area (Å²) in [5.41, 5.74) is 0.487. The van der Waals surface area contributed by atoms with Crippen molar-refractivity contribution in [2.24, 2.45) is 0 Å². The first kappa shape index (κ1) is 11.9. The molecule has 2 rings (SSSR count). The Morgan fingerprint density at radius 1 is 1.65 bits per heavy atom. The van der Waals surface area contributed by atoms with E-state index >= 15 is 0 Å². The molecule has 5 heteroatoms. The molecular weight excluding hydrogens is 218 g/mol. The van der Waals surface area contributed by atoms with E-state index in [9.17, 15) is 4.79 Å². The first-order chi connectivity index (χ1) is 8.31. The summed E-state index contributed by atoms with van der Waals surface area (Å²) < 4.78 is 4.73. The van der Waals surface area contributed by atoms with Crippen LogP contribution < -0.4 is 10.6 Å². The standard InChI is InChI=1S/C12H17N3O2/c1-17-12(16)10-5-3-7-14-11(10)15-9-4-2-6-13-8-9/h3,5,7,9,13H,2,4,6,8H2,1H3,(H,14,15)/t9-/m1/s1. The summed E-state index contributed by atoms with van der Waals surface area (Å²) >= 11 is 0. The molecule has 1 atom stereocenters. The van der Waals surface area contributed by atoms with Crippen molar-refractivity contribution in [1.29, 1.82) is 0 Å².